The van der Waals surface area contributed by atoms with E-state index in [1.807, 2.05) is 0 Å². The second-order valence-electron chi connectivity index (χ2n) is 28.1. The molecule has 0 aromatic heterocycles. The van der Waals surface area contributed by atoms with Crippen LogP contribution in [0.4, 0.5) is 34.1 Å². The number of fused-ring (bicyclic) bond motifs is 7. The molecule has 17 aromatic carbocycles. The zero-order chi connectivity index (χ0) is 70.1. The largest absolute Gasteiger partial charge is 0.310 e. The monoisotopic (exact) mass is 1340 g/mol. The quantitative estimate of drug-likeness (QED) is 0.106. The van der Waals surface area contributed by atoms with Gasteiger partial charge in [0.25, 0.3) is 6.71 Å². The van der Waals surface area contributed by atoms with Gasteiger partial charge in [-0.3, -0.25) is 0 Å². The molecule has 0 saturated heterocycles. The Kier molecular flexibility index (Phi) is 15.3. The van der Waals surface area contributed by atoms with Crippen molar-refractivity contribution < 1.29 is 0 Å². The van der Waals surface area contributed by atoms with Gasteiger partial charge < -0.3 is 9.80 Å². The summed E-state index contributed by atoms with van der Waals surface area (Å²) < 4.78 is 0. The van der Waals surface area contributed by atoms with Gasteiger partial charge in [0, 0.05) is 45.0 Å². The molecular formula is C103H69BN2. The first-order valence-electron chi connectivity index (χ1n) is 36.8. The van der Waals surface area contributed by atoms with Gasteiger partial charge in [-0.2, -0.15) is 0 Å². The van der Waals surface area contributed by atoms with Crippen LogP contribution in [0, 0.1) is 0 Å². The SMILES string of the molecule is c1ccc(-c2ccc(C3(c4cc5c6c(c4)N(c4c(-c7ccccc7)cc(-c7ccccc7)cc4-c4ccccc4)c4ccc(-c7ccccc7)cc4B6c4cc(-c6ccccc6)ccc4N5c4c(-c5ccccc5)cc(-c5ccccc5)cc4-c4ccccc4)c4ccccc4-c4ccccc43)cc2)cc1. The number of hydrogen-bond acceptors (Lipinski definition) is 2. The van der Waals surface area contributed by atoms with Crippen LogP contribution >= 0.6 is 0 Å². The van der Waals surface area contributed by atoms with Crippen molar-refractivity contribution >= 4 is 57.2 Å². The standard InChI is InChI=1S/C103H69BN2/c1-10-32-70(33-11-1)75-54-58-84(59-55-75)103(92-52-30-28-50-86(92)87-51-29-31-53-93(87)103)85-68-98-100-99(69-85)106(102-90(78-46-24-8-25-47-78)64-83(74-40-18-5-19-41-74)65-91(102)79-48-26-9-27-49-79)97-61-57-81(72-36-14-3-15-37-72)67-95(97)104(100)94-66-80(71-34-12-2-13-35-71)56-60-96(94)105(98)101-88(76-42-20-6-21-43-76)62-82(73-38-16-4-17-39-73)63-89(101)77-44-22-7-23-45-77/h1-69H. The topological polar surface area (TPSA) is 6.48 Å². The van der Waals surface area contributed by atoms with E-state index >= 15 is 0 Å². The highest BCUT2D eigenvalue weighted by Crippen LogP contribution is 2.61. The molecule has 0 amide bonds. The van der Waals surface area contributed by atoms with Gasteiger partial charge in [-0.25, -0.2) is 0 Å². The fourth-order valence-electron chi connectivity index (χ4n) is 17.6. The van der Waals surface area contributed by atoms with Crippen LogP contribution in [0.5, 0.6) is 0 Å². The molecule has 2 heterocycles. The van der Waals surface area contributed by atoms with Crippen molar-refractivity contribution in [3.63, 3.8) is 0 Å². The average Bonchev–Trinajstić information content (AvgIpc) is 1.15. The highest BCUT2D eigenvalue weighted by atomic mass is 15.2. The Morgan fingerprint density at radius 3 is 0.774 bits per heavy atom. The molecule has 3 heteroatoms. The lowest BCUT2D eigenvalue weighted by Crippen LogP contribution is -2.61. The summed E-state index contributed by atoms with van der Waals surface area (Å²) in [5.74, 6) is 0. The lowest BCUT2D eigenvalue weighted by Gasteiger charge is -2.47. The molecule has 0 saturated carbocycles. The summed E-state index contributed by atoms with van der Waals surface area (Å²) in [6.45, 7) is -0.305. The Morgan fingerprint density at radius 2 is 0.443 bits per heavy atom. The zero-order valence-electron chi connectivity index (χ0n) is 58.3. The lowest BCUT2D eigenvalue weighted by atomic mass is 9.33. The summed E-state index contributed by atoms with van der Waals surface area (Å²) >= 11 is 0. The molecule has 106 heavy (non-hydrogen) atoms. The van der Waals surface area contributed by atoms with Gasteiger partial charge >= 0.3 is 0 Å². The van der Waals surface area contributed by atoms with Crippen LogP contribution in [-0.2, 0) is 5.41 Å². The maximum Gasteiger partial charge on any atom is 0.252 e. The molecule has 0 N–H and O–H groups in total. The smallest absolute Gasteiger partial charge is 0.252 e. The Hall–Kier alpha value is -13.6. The van der Waals surface area contributed by atoms with Crippen molar-refractivity contribution in [2.75, 3.05) is 9.80 Å². The van der Waals surface area contributed by atoms with Gasteiger partial charge in [-0.05, 0) is 176 Å². The lowest BCUT2D eigenvalue weighted by molar-refractivity contribution is 0.769. The molecule has 494 valence electrons. The number of anilines is 6. The summed E-state index contributed by atoms with van der Waals surface area (Å²) in [4.78, 5) is 5.44. The first kappa shape index (κ1) is 62.2. The van der Waals surface area contributed by atoms with E-state index in [-0.39, 0.29) is 6.71 Å². The molecule has 17 aromatic rings. The first-order chi connectivity index (χ1) is 52.6. The van der Waals surface area contributed by atoms with Crippen LogP contribution in [0.3, 0.4) is 0 Å². The van der Waals surface area contributed by atoms with Gasteiger partial charge in [-0.15, -0.1) is 0 Å². The van der Waals surface area contributed by atoms with Gasteiger partial charge in [0.1, 0.15) is 0 Å². The van der Waals surface area contributed by atoms with Crippen LogP contribution in [0.2, 0.25) is 0 Å². The summed E-state index contributed by atoms with van der Waals surface area (Å²) in [6, 6.07) is 157. The molecule has 20 rings (SSSR count). The van der Waals surface area contributed by atoms with E-state index in [1.54, 1.807) is 0 Å². The van der Waals surface area contributed by atoms with Crippen molar-refractivity contribution in [3.05, 3.63) is 441 Å². The molecule has 2 aliphatic heterocycles. The number of nitrogens with zero attached hydrogens (tertiary/aromatic N) is 2. The zero-order valence-corrected chi connectivity index (χ0v) is 58.3. The van der Waals surface area contributed by atoms with Crippen LogP contribution in [0.25, 0.3) is 111 Å². The van der Waals surface area contributed by atoms with Crippen LogP contribution < -0.4 is 26.2 Å². The van der Waals surface area contributed by atoms with Crippen molar-refractivity contribution in [1.29, 1.82) is 0 Å². The molecule has 0 unspecified atom stereocenters. The normalized spacial score (nSPS) is 12.7. The minimum atomic E-state index is -0.876. The first-order valence-corrected chi connectivity index (χ1v) is 36.8. The van der Waals surface area contributed by atoms with Crippen LogP contribution in [-0.4, -0.2) is 6.71 Å². The molecule has 1 aliphatic carbocycles. The van der Waals surface area contributed by atoms with Crippen molar-refractivity contribution in [3.8, 4) is 111 Å². The van der Waals surface area contributed by atoms with E-state index in [4.69, 9.17) is 0 Å². The third kappa shape index (κ3) is 10.3. The Morgan fingerprint density at radius 1 is 0.179 bits per heavy atom. The number of benzene rings is 17. The summed E-state index contributed by atoms with van der Waals surface area (Å²) in [6.07, 6.45) is 0. The maximum absolute atomic E-state index is 2.72. The molecule has 0 bridgehead atoms. The Balaban J connectivity index is 1.01. The minimum absolute atomic E-state index is 0.305. The Bertz CT molecular complexity index is 5700. The van der Waals surface area contributed by atoms with Gasteiger partial charge in [0.15, 0.2) is 0 Å². The summed E-state index contributed by atoms with van der Waals surface area (Å²) in [5.41, 5.74) is 37.1. The number of rotatable bonds is 13. The van der Waals surface area contributed by atoms with Gasteiger partial charge in [-0.1, -0.05) is 370 Å². The average molecular weight is 1350 g/mol. The summed E-state index contributed by atoms with van der Waals surface area (Å²) in [5, 5.41) is 0. The maximum atomic E-state index is 2.72. The van der Waals surface area contributed by atoms with E-state index in [1.165, 1.54) is 55.3 Å². The minimum Gasteiger partial charge on any atom is -0.310 e. The molecule has 0 radical (unpaired) electrons. The van der Waals surface area contributed by atoms with E-state index in [9.17, 15) is 0 Å². The van der Waals surface area contributed by atoms with Crippen molar-refractivity contribution in [1.82, 2.24) is 0 Å². The third-order valence-corrected chi connectivity index (χ3v) is 22.3. The van der Waals surface area contributed by atoms with Crippen molar-refractivity contribution in [2.45, 2.75) is 5.41 Å². The fraction of sp³-hybridized carbons (Fsp3) is 0.00971. The predicted molar refractivity (Wildman–Crippen MR) is 447 cm³/mol. The molecule has 3 aliphatic rings. The third-order valence-electron chi connectivity index (χ3n) is 22.3. The van der Waals surface area contributed by atoms with Gasteiger partial charge in [0.2, 0.25) is 0 Å². The fourth-order valence-corrected chi connectivity index (χ4v) is 17.6. The van der Waals surface area contributed by atoms with Crippen LogP contribution in [0.15, 0.2) is 419 Å². The highest BCUT2D eigenvalue weighted by Gasteiger charge is 2.51. The Labute approximate surface area is 620 Å². The predicted octanol–water partition coefficient (Wildman–Crippen LogP) is 25.1. The second kappa shape index (κ2) is 26.0. The molecule has 2 nitrogen and oxygen atoms in total. The van der Waals surface area contributed by atoms with Crippen molar-refractivity contribution in [2.24, 2.45) is 0 Å². The van der Waals surface area contributed by atoms with E-state index < -0.39 is 5.41 Å². The molecule has 0 spiro atoms. The second-order valence-corrected chi connectivity index (χ2v) is 28.1. The molecular weight excluding hydrogens is 1280 g/mol. The summed E-state index contributed by atoms with van der Waals surface area (Å²) in [7, 11) is 0. The van der Waals surface area contributed by atoms with E-state index in [0.717, 1.165) is 129 Å². The van der Waals surface area contributed by atoms with E-state index in [0.29, 0.717) is 0 Å². The van der Waals surface area contributed by atoms with Crippen LogP contribution in [0.1, 0.15) is 22.3 Å². The molecule has 0 fully saturated rings. The van der Waals surface area contributed by atoms with Gasteiger partial charge in [0.05, 0.1) is 16.8 Å². The highest BCUT2D eigenvalue weighted by molar-refractivity contribution is 7.00. The number of hydrogen-bond donors (Lipinski definition) is 0. The molecule has 0 atom stereocenters. The van der Waals surface area contributed by atoms with E-state index in [2.05, 4.69) is 428 Å².